The Labute approximate surface area is 123 Å². The van der Waals surface area contributed by atoms with Crippen molar-refractivity contribution in [2.75, 3.05) is 0 Å². The zero-order valence-corrected chi connectivity index (χ0v) is 14.2. The standard InChI is InChI=1S/C13H25.BrH.Mg/c1-12(2,3)10-7-8-11(9-10)13(4,5)6;;/h9-11H,7-8H2,1-6H3;1H;/q-1;;+2/p-1. The minimum Gasteiger partial charge on any atom is -1.00 e. The number of halogens is 1. The summed E-state index contributed by atoms with van der Waals surface area (Å²) in [5, 5.41) is 0. The SMILES string of the molecule is CC(C)(C)C1[CH-]C(C(C)(C)C)CC1.[Br-].[Mg+2]. The van der Waals surface area contributed by atoms with E-state index >= 15 is 0 Å². The van der Waals surface area contributed by atoms with Crippen molar-refractivity contribution in [1.82, 2.24) is 0 Å². The Balaban J connectivity index is 0. The largest absolute Gasteiger partial charge is 2.00 e. The van der Waals surface area contributed by atoms with Crippen LogP contribution in [0.15, 0.2) is 0 Å². The monoisotopic (exact) mass is 284 g/mol. The molecule has 2 heteroatoms. The van der Waals surface area contributed by atoms with E-state index in [9.17, 15) is 0 Å². The average Bonchev–Trinajstić information content (AvgIpc) is 2.28. The predicted molar refractivity (Wildman–Crippen MR) is 65.2 cm³/mol. The first-order chi connectivity index (χ1) is 5.71. The molecular weight excluding hydrogens is 260 g/mol. The van der Waals surface area contributed by atoms with Gasteiger partial charge in [-0.25, -0.2) is 0 Å². The Morgan fingerprint density at radius 2 is 1.07 bits per heavy atom. The van der Waals surface area contributed by atoms with Crippen LogP contribution in [0.4, 0.5) is 0 Å². The van der Waals surface area contributed by atoms with Gasteiger partial charge in [0.1, 0.15) is 0 Å². The van der Waals surface area contributed by atoms with Crippen LogP contribution in [0.25, 0.3) is 0 Å². The molecule has 0 nitrogen and oxygen atoms in total. The third-order valence-electron chi connectivity index (χ3n) is 3.48. The molecule has 0 saturated heterocycles. The summed E-state index contributed by atoms with van der Waals surface area (Å²) in [5.41, 5.74) is 0.944. The summed E-state index contributed by atoms with van der Waals surface area (Å²) in [4.78, 5) is 0. The van der Waals surface area contributed by atoms with Gasteiger partial charge in [0, 0.05) is 0 Å². The van der Waals surface area contributed by atoms with Crippen molar-refractivity contribution in [2.45, 2.75) is 54.4 Å². The summed E-state index contributed by atoms with van der Waals surface area (Å²) in [6.07, 6.45) is 5.40. The Bertz CT molecular complexity index is 156. The third kappa shape index (κ3) is 5.41. The minimum atomic E-state index is 0. The quantitative estimate of drug-likeness (QED) is 0.459. The Kier molecular flexibility index (Phi) is 7.76. The fourth-order valence-corrected chi connectivity index (χ4v) is 2.28. The molecule has 15 heavy (non-hydrogen) atoms. The molecular formula is C13H25BrMg. The first-order valence-corrected chi connectivity index (χ1v) is 5.56. The molecule has 0 radical (unpaired) electrons. The van der Waals surface area contributed by atoms with E-state index in [1.165, 1.54) is 12.8 Å². The molecule has 0 aliphatic heterocycles. The van der Waals surface area contributed by atoms with Crippen LogP contribution in [0, 0.1) is 29.1 Å². The molecule has 0 spiro atoms. The molecule has 0 aromatic carbocycles. The number of hydrogen-bond acceptors (Lipinski definition) is 0. The molecule has 0 N–H and O–H groups in total. The minimum absolute atomic E-state index is 0. The molecule has 1 rings (SSSR count). The average molecular weight is 286 g/mol. The van der Waals surface area contributed by atoms with Crippen LogP contribution >= 0.6 is 0 Å². The summed E-state index contributed by atoms with van der Waals surface area (Å²) >= 11 is 0. The van der Waals surface area contributed by atoms with Gasteiger partial charge in [-0.3, -0.25) is 0 Å². The van der Waals surface area contributed by atoms with Gasteiger partial charge in [-0.2, -0.15) is 11.8 Å². The van der Waals surface area contributed by atoms with E-state index in [1.54, 1.807) is 0 Å². The van der Waals surface area contributed by atoms with Crippen molar-refractivity contribution in [3.05, 3.63) is 6.42 Å². The molecule has 1 fully saturated rings. The van der Waals surface area contributed by atoms with Crippen molar-refractivity contribution < 1.29 is 17.0 Å². The summed E-state index contributed by atoms with van der Waals surface area (Å²) < 4.78 is 0. The summed E-state index contributed by atoms with van der Waals surface area (Å²) in [6, 6.07) is 0. The van der Waals surface area contributed by atoms with Crippen LogP contribution in [-0.2, 0) is 0 Å². The second-order valence-corrected chi connectivity index (χ2v) is 6.71. The van der Waals surface area contributed by atoms with Crippen molar-refractivity contribution >= 4 is 23.1 Å². The normalized spacial score (nSPS) is 26.8. The van der Waals surface area contributed by atoms with Crippen LogP contribution in [0.1, 0.15) is 54.4 Å². The van der Waals surface area contributed by atoms with E-state index in [4.69, 9.17) is 0 Å². The van der Waals surface area contributed by atoms with Crippen LogP contribution in [-0.4, -0.2) is 23.1 Å². The van der Waals surface area contributed by atoms with Gasteiger partial charge in [-0.1, -0.05) is 65.2 Å². The molecule has 0 aromatic heterocycles. The maximum absolute atomic E-state index is 2.61. The van der Waals surface area contributed by atoms with Gasteiger partial charge in [-0.05, 0) is 0 Å². The van der Waals surface area contributed by atoms with Gasteiger partial charge in [0.05, 0.1) is 0 Å². The molecule has 86 valence electrons. The molecule has 0 heterocycles. The van der Waals surface area contributed by atoms with Gasteiger partial charge < -0.3 is 23.4 Å². The zero-order chi connectivity index (χ0) is 10.3. The Hall–Kier alpha value is 1.25. The first-order valence-electron chi connectivity index (χ1n) is 5.56. The van der Waals surface area contributed by atoms with Gasteiger partial charge in [0.25, 0.3) is 0 Å². The summed E-state index contributed by atoms with van der Waals surface area (Å²) in [5.74, 6) is 1.66. The van der Waals surface area contributed by atoms with Crippen LogP contribution in [0.5, 0.6) is 0 Å². The molecule has 1 aliphatic rings. The van der Waals surface area contributed by atoms with E-state index < -0.39 is 0 Å². The Morgan fingerprint density at radius 3 is 1.20 bits per heavy atom. The third-order valence-corrected chi connectivity index (χ3v) is 3.48. The zero-order valence-electron chi connectivity index (χ0n) is 11.2. The maximum Gasteiger partial charge on any atom is 2.00 e. The van der Waals surface area contributed by atoms with E-state index in [-0.39, 0.29) is 40.0 Å². The topological polar surface area (TPSA) is 0 Å². The van der Waals surface area contributed by atoms with Gasteiger partial charge in [-0.15, -0.1) is 0 Å². The number of rotatable bonds is 0. The van der Waals surface area contributed by atoms with E-state index in [0.717, 1.165) is 11.8 Å². The van der Waals surface area contributed by atoms with E-state index in [1.807, 2.05) is 0 Å². The van der Waals surface area contributed by atoms with Crippen LogP contribution in [0.3, 0.4) is 0 Å². The molecule has 1 saturated carbocycles. The predicted octanol–water partition coefficient (Wildman–Crippen LogP) is 0.932. The van der Waals surface area contributed by atoms with Gasteiger partial charge in [0.15, 0.2) is 0 Å². The van der Waals surface area contributed by atoms with Crippen LogP contribution in [0.2, 0.25) is 0 Å². The van der Waals surface area contributed by atoms with Crippen molar-refractivity contribution in [3.63, 3.8) is 0 Å². The second-order valence-electron chi connectivity index (χ2n) is 6.71. The van der Waals surface area contributed by atoms with E-state index in [2.05, 4.69) is 48.0 Å². The summed E-state index contributed by atoms with van der Waals surface area (Å²) in [7, 11) is 0. The molecule has 0 aromatic rings. The fourth-order valence-electron chi connectivity index (χ4n) is 2.28. The summed E-state index contributed by atoms with van der Waals surface area (Å²) in [6.45, 7) is 14.2. The molecule has 2 atom stereocenters. The fraction of sp³-hybridized carbons (Fsp3) is 0.923. The second kappa shape index (κ2) is 6.25. The molecule has 0 amide bonds. The van der Waals surface area contributed by atoms with Gasteiger partial charge >= 0.3 is 23.1 Å². The molecule has 0 bridgehead atoms. The first kappa shape index (κ1) is 18.6. The van der Waals surface area contributed by atoms with E-state index in [0.29, 0.717) is 10.8 Å². The molecule has 1 aliphatic carbocycles. The maximum atomic E-state index is 2.61. The number of hydrogen-bond donors (Lipinski definition) is 0. The van der Waals surface area contributed by atoms with Crippen molar-refractivity contribution in [3.8, 4) is 0 Å². The Morgan fingerprint density at radius 1 is 0.800 bits per heavy atom. The van der Waals surface area contributed by atoms with Gasteiger partial charge in [0.2, 0.25) is 0 Å². The van der Waals surface area contributed by atoms with Crippen molar-refractivity contribution in [1.29, 1.82) is 0 Å². The van der Waals surface area contributed by atoms with Crippen LogP contribution < -0.4 is 17.0 Å². The van der Waals surface area contributed by atoms with Crippen molar-refractivity contribution in [2.24, 2.45) is 22.7 Å². The smallest absolute Gasteiger partial charge is 1.00 e. The molecule has 2 unspecified atom stereocenters.